The Balaban J connectivity index is 1.67. The molecule has 0 radical (unpaired) electrons. The Labute approximate surface area is 190 Å². The first-order valence-corrected chi connectivity index (χ1v) is 12.2. The zero-order chi connectivity index (χ0) is 23.5. The monoisotopic (exact) mass is 450 g/mol. The average molecular weight is 451 g/mol. The molecule has 0 unspecified atom stereocenters. The molecule has 0 amide bonds. The van der Waals surface area contributed by atoms with Gasteiger partial charge in [-0.2, -0.15) is 0 Å². The summed E-state index contributed by atoms with van der Waals surface area (Å²) in [6.45, 7) is 8.57. The molecule has 4 aliphatic rings. The topological polar surface area (TPSA) is 99.1 Å². The lowest BCUT2D eigenvalue weighted by atomic mass is 9.42. The first-order valence-electron chi connectivity index (χ1n) is 12.2. The first-order chi connectivity index (χ1) is 14.9. The zero-order valence-corrected chi connectivity index (χ0v) is 20.0. The van der Waals surface area contributed by atoms with E-state index in [0.29, 0.717) is 19.3 Å². The van der Waals surface area contributed by atoms with Crippen LogP contribution in [0, 0.1) is 28.6 Å². The molecule has 0 aromatic heterocycles. The minimum absolute atomic E-state index is 0.0615. The van der Waals surface area contributed by atoms with Crippen molar-refractivity contribution in [2.75, 3.05) is 0 Å². The van der Waals surface area contributed by atoms with Crippen molar-refractivity contribution in [3.8, 4) is 0 Å². The van der Waals surface area contributed by atoms with E-state index in [4.69, 9.17) is 14.2 Å². The number of rotatable bonds is 3. The number of esters is 3. The highest BCUT2D eigenvalue weighted by atomic mass is 16.6. The molecule has 4 saturated carbocycles. The average Bonchev–Trinajstić information content (AvgIpc) is 2.99. The molecule has 7 heteroatoms. The molecule has 180 valence electrons. The van der Waals surface area contributed by atoms with Crippen LogP contribution in [0.1, 0.15) is 86.0 Å². The van der Waals surface area contributed by atoms with Crippen molar-refractivity contribution in [2.24, 2.45) is 28.6 Å². The molecule has 0 spiro atoms. The molecule has 0 heterocycles. The van der Waals surface area contributed by atoms with E-state index < -0.39 is 17.1 Å². The molecular formula is C25H38O7. The van der Waals surface area contributed by atoms with Crippen LogP contribution >= 0.6 is 0 Å². The lowest BCUT2D eigenvalue weighted by Gasteiger charge is -2.66. The van der Waals surface area contributed by atoms with Crippen LogP contribution in [-0.4, -0.2) is 46.9 Å². The van der Waals surface area contributed by atoms with Crippen LogP contribution < -0.4 is 0 Å². The Bertz CT molecular complexity index is 795. The van der Waals surface area contributed by atoms with Gasteiger partial charge in [-0.05, 0) is 62.7 Å². The van der Waals surface area contributed by atoms with Crippen LogP contribution in [0.5, 0.6) is 0 Å². The van der Waals surface area contributed by atoms with Gasteiger partial charge in [0.1, 0.15) is 18.3 Å². The summed E-state index contributed by atoms with van der Waals surface area (Å²) >= 11 is 0. The maximum atomic E-state index is 12.4. The molecule has 4 fully saturated rings. The minimum Gasteiger partial charge on any atom is -0.462 e. The molecule has 7 nitrogen and oxygen atoms in total. The van der Waals surface area contributed by atoms with Gasteiger partial charge in [0.05, 0.1) is 5.60 Å². The quantitative estimate of drug-likeness (QED) is 0.518. The third-order valence-electron chi connectivity index (χ3n) is 9.72. The van der Waals surface area contributed by atoms with Gasteiger partial charge in [0, 0.05) is 38.0 Å². The Hall–Kier alpha value is -1.63. The highest BCUT2D eigenvalue weighted by Crippen LogP contribution is 2.68. The van der Waals surface area contributed by atoms with E-state index in [2.05, 4.69) is 13.8 Å². The predicted octanol–water partition coefficient (Wildman–Crippen LogP) is 3.55. The van der Waals surface area contributed by atoms with Gasteiger partial charge >= 0.3 is 17.9 Å². The van der Waals surface area contributed by atoms with Crippen molar-refractivity contribution in [1.29, 1.82) is 0 Å². The van der Waals surface area contributed by atoms with Crippen LogP contribution in [0.15, 0.2) is 0 Å². The van der Waals surface area contributed by atoms with Gasteiger partial charge in [0.25, 0.3) is 0 Å². The number of ether oxygens (including phenoxy) is 3. The van der Waals surface area contributed by atoms with E-state index in [9.17, 15) is 19.5 Å². The fourth-order valence-electron chi connectivity index (χ4n) is 8.25. The van der Waals surface area contributed by atoms with Gasteiger partial charge in [-0.25, -0.2) is 0 Å². The van der Waals surface area contributed by atoms with E-state index in [1.165, 1.54) is 20.8 Å². The largest absolute Gasteiger partial charge is 0.462 e. The molecule has 32 heavy (non-hydrogen) atoms. The Kier molecular flexibility index (Phi) is 5.88. The molecule has 0 aromatic carbocycles. The number of carbonyl (C=O) groups is 3. The van der Waals surface area contributed by atoms with Crippen molar-refractivity contribution < 1.29 is 33.7 Å². The van der Waals surface area contributed by atoms with Crippen molar-refractivity contribution in [2.45, 2.75) is 110 Å². The van der Waals surface area contributed by atoms with Gasteiger partial charge in [-0.15, -0.1) is 0 Å². The van der Waals surface area contributed by atoms with Crippen LogP contribution in [-0.2, 0) is 28.6 Å². The maximum absolute atomic E-state index is 12.4. The summed E-state index contributed by atoms with van der Waals surface area (Å²) in [4.78, 5) is 35.4. The highest BCUT2D eigenvalue weighted by molar-refractivity contribution is 5.67. The summed E-state index contributed by atoms with van der Waals surface area (Å²) in [5, 5.41) is 12.4. The maximum Gasteiger partial charge on any atom is 0.302 e. The number of hydrogen-bond acceptors (Lipinski definition) is 7. The molecule has 4 aliphatic carbocycles. The number of hydrogen-bond donors (Lipinski definition) is 1. The van der Waals surface area contributed by atoms with Crippen LogP contribution in [0.2, 0.25) is 0 Å². The predicted molar refractivity (Wildman–Crippen MR) is 115 cm³/mol. The van der Waals surface area contributed by atoms with Gasteiger partial charge in [-0.1, -0.05) is 13.8 Å². The molecular weight excluding hydrogens is 412 g/mol. The summed E-state index contributed by atoms with van der Waals surface area (Å²) in [5.41, 5.74) is -1.73. The van der Waals surface area contributed by atoms with Gasteiger partial charge in [0.2, 0.25) is 0 Å². The summed E-state index contributed by atoms with van der Waals surface area (Å²) in [5.74, 6) is -0.531. The van der Waals surface area contributed by atoms with E-state index in [-0.39, 0.29) is 53.3 Å². The standard InChI is InChI=1S/C25H38O7/c1-14(26)30-18-12-17-6-7-20-19-8-9-21(31-15(2)27)23(19,4)10-11-25(20,29)24(17,5)22(13-18)32-16(3)28/h17-22,29H,6-13H2,1-5H3/t17-,18-,19+,20-,21+,22-,23-,24+,25+/m0/s1. The number of fused-ring (bicyclic) bond motifs is 5. The fraction of sp³-hybridized carbons (Fsp3) is 0.880. The third-order valence-corrected chi connectivity index (χ3v) is 9.72. The molecule has 9 atom stereocenters. The fourth-order valence-corrected chi connectivity index (χ4v) is 8.25. The first kappa shape index (κ1) is 23.5. The second-order valence-corrected chi connectivity index (χ2v) is 11.2. The van der Waals surface area contributed by atoms with Crippen LogP contribution in [0.25, 0.3) is 0 Å². The number of aliphatic hydroxyl groups is 1. The SMILES string of the molecule is CC(=O)O[C@H]1C[C@@H]2CC[C@H]3[C@H]4CC[C@@H](OC(C)=O)[C@@]4(C)CC[C@]3(O)[C@@]2(C)[C@@H](OC(C)=O)C1. The second-order valence-electron chi connectivity index (χ2n) is 11.2. The molecule has 1 N–H and O–H groups in total. The lowest BCUT2D eigenvalue weighted by molar-refractivity contribution is -0.277. The van der Waals surface area contributed by atoms with E-state index in [1.807, 2.05) is 0 Å². The smallest absolute Gasteiger partial charge is 0.302 e. The van der Waals surface area contributed by atoms with E-state index >= 15 is 0 Å². The van der Waals surface area contributed by atoms with E-state index in [0.717, 1.165) is 32.1 Å². The minimum atomic E-state index is -0.980. The van der Waals surface area contributed by atoms with Crippen molar-refractivity contribution in [1.82, 2.24) is 0 Å². The summed E-state index contributed by atoms with van der Waals surface area (Å²) < 4.78 is 17.1. The summed E-state index contributed by atoms with van der Waals surface area (Å²) in [7, 11) is 0. The Morgan fingerprint density at radius 1 is 0.750 bits per heavy atom. The van der Waals surface area contributed by atoms with Crippen LogP contribution in [0.3, 0.4) is 0 Å². The van der Waals surface area contributed by atoms with Crippen molar-refractivity contribution in [3.05, 3.63) is 0 Å². The lowest BCUT2D eigenvalue weighted by Crippen LogP contribution is -2.70. The molecule has 0 aromatic rings. The normalized spacial score (nSPS) is 47.4. The second kappa shape index (κ2) is 8.00. The Morgan fingerprint density at radius 3 is 1.97 bits per heavy atom. The van der Waals surface area contributed by atoms with Gasteiger partial charge in [-0.3, -0.25) is 14.4 Å². The molecule has 0 saturated heterocycles. The number of carbonyl (C=O) groups excluding carboxylic acids is 3. The molecule has 0 bridgehead atoms. The Morgan fingerprint density at radius 2 is 1.34 bits per heavy atom. The van der Waals surface area contributed by atoms with E-state index in [1.54, 1.807) is 0 Å². The summed E-state index contributed by atoms with van der Waals surface area (Å²) in [6, 6.07) is 0. The van der Waals surface area contributed by atoms with Crippen molar-refractivity contribution in [3.63, 3.8) is 0 Å². The van der Waals surface area contributed by atoms with Gasteiger partial charge in [0.15, 0.2) is 0 Å². The molecule has 4 rings (SSSR count). The third kappa shape index (κ3) is 3.46. The van der Waals surface area contributed by atoms with Gasteiger partial charge < -0.3 is 19.3 Å². The highest BCUT2D eigenvalue weighted by Gasteiger charge is 2.70. The van der Waals surface area contributed by atoms with Crippen LogP contribution in [0.4, 0.5) is 0 Å². The van der Waals surface area contributed by atoms with Crippen molar-refractivity contribution >= 4 is 17.9 Å². The molecule has 0 aliphatic heterocycles. The summed E-state index contributed by atoms with van der Waals surface area (Å²) in [6.07, 6.45) is 5.06. The zero-order valence-electron chi connectivity index (χ0n) is 20.0.